The van der Waals surface area contributed by atoms with Crippen molar-refractivity contribution in [1.29, 1.82) is 5.26 Å². The van der Waals surface area contributed by atoms with Gasteiger partial charge in [0.2, 0.25) is 5.91 Å². The third-order valence-electron chi connectivity index (χ3n) is 3.71. The molecule has 0 aromatic rings. The van der Waals surface area contributed by atoms with Crippen LogP contribution >= 0.6 is 0 Å². The molecule has 4 heteroatoms. The molecule has 1 saturated heterocycles. The lowest BCUT2D eigenvalue weighted by Gasteiger charge is -2.32. The van der Waals surface area contributed by atoms with Gasteiger partial charge in [0.25, 0.3) is 0 Å². The van der Waals surface area contributed by atoms with Crippen molar-refractivity contribution >= 4 is 5.91 Å². The normalized spacial score (nSPS) is 28.5. The first-order valence-corrected chi connectivity index (χ1v) is 6.63. The van der Waals surface area contributed by atoms with E-state index in [1.165, 1.54) is 0 Å². The molecule has 0 aromatic heterocycles. The smallest absolute Gasteiger partial charge is 0.226 e. The van der Waals surface area contributed by atoms with Crippen LogP contribution in [0, 0.1) is 17.2 Å². The topological polar surface area (TPSA) is 56.1 Å². The van der Waals surface area contributed by atoms with Crippen molar-refractivity contribution in [3.05, 3.63) is 0 Å². The molecule has 4 nitrogen and oxygen atoms in total. The summed E-state index contributed by atoms with van der Waals surface area (Å²) in [5.74, 6) is 0.460. The van der Waals surface area contributed by atoms with Gasteiger partial charge in [0.15, 0.2) is 0 Å². The molecule has 17 heavy (non-hydrogen) atoms. The molecule has 2 rings (SSSR count). The number of carbonyl (C=O) groups excluding carboxylic acids is 1. The average Bonchev–Trinajstić information content (AvgIpc) is 3.14. The highest BCUT2D eigenvalue weighted by atomic mass is 16.2. The van der Waals surface area contributed by atoms with Gasteiger partial charge in [-0.05, 0) is 39.2 Å². The first kappa shape index (κ1) is 12.4. The molecule has 94 valence electrons. The molecule has 0 bridgehead atoms. The molecule has 1 N–H and O–H groups in total. The lowest BCUT2D eigenvalue weighted by Crippen LogP contribution is -2.45. The van der Waals surface area contributed by atoms with Gasteiger partial charge in [0, 0.05) is 24.5 Å². The fourth-order valence-electron chi connectivity index (χ4n) is 2.62. The van der Waals surface area contributed by atoms with Gasteiger partial charge in [0.05, 0.1) is 12.5 Å². The molecule has 1 amide bonds. The zero-order valence-electron chi connectivity index (χ0n) is 10.5. The summed E-state index contributed by atoms with van der Waals surface area (Å²) in [6.45, 7) is 3.70. The van der Waals surface area contributed by atoms with Gasteiger partial charge in [-0.15, -0.1) is 0 Å². The van der Waals surface area contributed by atoms with Crippen molar-refractivity contribution in [3.8, 4) is 6.07 Å². The Labute approximate surface area is 103 Å². The Kier molecular flexibility index (Phi) is 4.01. The van der Waals surface area contributed by atoms with Crippen LogP contribution in [0.15, 0.2) is 0 Å². The van der Waals surface area contributed by atoms with E-state index in [2.05, 4.69) is 18.3 Å². The average molecular weight is 235 g/mol. The van der Waals surface area contributed by atoms with Crippen molar-refractivity contribution in [2.75, 3.05) is 13.1 Å². The summed E-state index contributed by atoms with van der Waals surface area (Å²) in [4.78, 5) is 14.4. The van der Waals surface area contributed by atoms with Crippen LogP contribution in [-0.4, -0.2) is 36.0 Å². The maximum absolute atomic E-state index is 12.4. The SMILES string of the molecule is CC1CC(C(=O)N(CCC#N)C2CC2)CCN1. The molecular formula is C13H21N3O. The van der Waals surface area contributed by atoms with Crippen LogP contribution in [0.2, 0.25) is 0 Å². The van der Waals surface area contributed by atoms with Gasteiger partial charge < -0.3 is 10.2 Å². The number of nitrogens with one attached hydrogen (secondary N) is 1. The summed E-state index contributed by atoms with van der Waals surface area (Å²) in [5.41, 5.74) is 0. The van der Waals surface area contributed by atoms with Crippen LogP contribution in [0.4, 0.5) is 0 Å². The van der Waals surface area contributed by atoms with Crippen LogP contribution in [0.25, 0.3) is 0 Å². The van der Waals surface area contributed by atoms with Crippen molar-refractivity contribution < 1.29 is 4.79 Å². The number of nitriles is 1. The Balaban J connectivity index is 1.93. The van der Waals surface area contributed by atoms with Crippen molar-refractivity contribution in [2.45, 2.75) is 51.1 Å². The van der Waals surface area contributed by atoms with Gasteiger partial charge in [-0.1, -0.05) is 0 Å². The van der Waals surface area contributed by atoms with Crippen LogP contribution in [0.1, 0.15) is 39.0 Å². The van der Waals surface area contributed by atoms with Crippen LogP contribution in [0.3, 0.4) is 0 Å². The summed E-state index contributed by atoms with van der Waals surface area (Å²) < 4.78 is 0. The van der Waals surface area contributed by atoms with E-state index in [0.29, 0.717) is 25.0 Å². The second-order valence-corrected chi connectivity index (χ2v) is 5.25. The second kappa shape index (κ2) is 5.50. The molecule has 1 heterocycles. The lowest BCUT2D eigenvalue weighted by molar-refractivity contribution is -0.137. The minimum absolute atomic E-state index is 0.172. The number of piperidine rings is 1. The molecule has 0 aromatic carbocycles. The Morgan fingerprint density at radius 3 is 2.82 bits per heavy atom. The summed E-state index contributed by atoms with van der Waals surface area (Å²) in [6.07, 6.45) is 4.59. The number of rotatable bonds is 4. The van der Waals surface area contributed by atoms with Gasteiger partial charge in [0.1, 0.15) is 0 Å². The first-order chi connectivity index (χ1) is 8.22. The van der Waals surface area contributed by atoms with Gasteiger partial charge in [-0.25, -0.2) is 0 Å². The summed E-state index contributed by atoms with van der Waals surface area (Å²) in [5, 5.41) is 12.0. The number of hydrogen-bond donors (Lipinski definition) is 1. The van der Waals surface area contributed by atoms with Gasteiger partial charge >= 0.3 is 0 Å². The standard InChI is InChI=1S/C13H21N3O/c1-10-9-11(5-7-15-10)13(17)16(8-2-6-14)12-3-4-12/h10-12,15H,2-5,7-9H2,1H3. The fourth-order valence-corrected chi connectivity index (χ4v) is 2.62. The van der Waals surface area contributed by atoms with Gasteiger partial charge in [-0.2, -0.15) is 5.26 Å². The first-order valence-electron chi connectivity index (χ1n) is 6.63. The van der Waals surface area contributed by atoms with Crippen LogP contribution in [0.5, 0.6) is 0 Å². The highest BCUT2D eigenvalue weighted by Crippen LogP contribution is 2.30. The highest BCUT2D eigenvalue weighted by molar-refractivity contribution is 5.79. The Morgan fingerprint density at radius 2 is 2.24 bits per heavy atom. The molecule has 0 radical (unpaired) electrons. The Bertz CT molecular complexity index is 319. The lowest BCUT2D eigenvalue weighted by atomic mass is 9.92. The number of carbonyl (C=O) groups is 1. The molecule has 0 spiro atoms. The zero-order chi connectivity index (χ0) is 12.3. The van der Waals surface area contributed by atoms with E-state index in [1.54, 1.807) is 0 Å². The molecule has 2 aliphatic rings. The largest absolute Gasteiger partial charge is 0.338 e. The minimum Gasteiger partial charge on any atom is -0.338 e. The predicted octanol–water partition coefficient (Wildman–Crippen LogP) is 1.28. The van der Waals surface area contributed by atoms with E-state index in [-0.39, 0.29) is 11.8 Å². The molecule has 1 aliphatic carbocycles. The summed E-state index contributed by atoms with van der Waals surface area (Å²) >= 11 is 0. The summed E-state index contributed by atoms with van der Waals surface area (Å²) in [7, 11) is 0. The van der Waals surface area contributed by atoms with Crippen LogP contribution < -0.4 is 5.32 Å². The van der Waals surface area contributed by atoms with Gasteiger partial charge in [-0.3, -0.25) is 4.79 Å². The molecular weight excluding hydrogens is 214 g/mol. The maximum Gasteiger partial charge on any atom is 0.226 e. The Hall–Kier alpha value is -1.08. The quantitative estimate of drug-likeness (QED) is 0.798. The van der Waals surface area contributed by atoms with Crippen LogP contribution in [-0.2, 0) is 4.79 Å². The molecule has 2 fully saturated rings. The second-order valence-electron chi connectivity index (χ2n) is 5.25. The van der Waals surface area contributed by atoms with E-state index in [0.717, 1.165) is 32.2 Å². The number of hydrogen-bond acceptors (Lipinski definition) is 3. The maximum atomic E-state index is 12.4. The molecule has 2 atom stereocenters. The molecule has 1 aliphatic heterocycles. The fraction of sp³-hybridized carbons (Fsp3) is 0.846. The third kappa shape index (κ3) is 3.19. The van der Waals surface area contributed by atoms with E-state index in [4.69, 9.17) is 5.26 Å². The monoisotopic (exact) mass is 235 g/mol. The predicted molar refractivity (Wildman–Crippen MR) is 65.2 cm³/mol. The number of amides is 1. The third-order valence-corrected chi connectivity index (χ3v) is 3.71. The zero-order valence-corrected chi connectivity index (χ0v) is 10.5. The van der Waals surface area contributed by atoms with E-state index in [9.17, 15) is 4.79 Å². The minimum atomic E-state index is 0.172. The summed E-state index contributed by atoms with van der Waals surface area (Å²) in [6, 6.07) is 3.01. The molecule has 2 unspecified atom stereocenters. The van der Waals surface area contributed by atoms with Crippen molar-refractivity contribution in [2.24, 2.45) is 5.92 Å². The van der Waals surface area contributed by atoms with E-state index in [1.807, 2.05) is 4.90 Å². The highest BCUT2D eigenvalue weighted by Gasteiger charge is 2.36. The van der Waals surface area contributed by atoms with E-state index >= 15 is 0 Å². The Morgan fingerprint density at radius 1 is 1.47 bits per heavy atom. The number of nitrogens with zero attached hydrogens (tertiary/aromatic N) is 2. The van der Waals surface area contributed by atoms with E-state index < -0.39 is 0 Å². The van der Waals surface area contributed by atoms with Crippen molar-refractivity contribution in [3.63, 3.8) is 0 Å². The van der Waals surface area contributed by atoms with Crippen molar-refractivity contribution in [1.82, 2.24) is 10.2 Å². The molecule has 1 saturated carbocycles.